The van der Waals surface area contributed by atoms with Crippen molar-refractivity contribution < 1.29 is 0 Å². The number of aromatic nitrogens is 2. The Morgan fingerprint density at radius 1 is 1.44 bits per heavy atom. The van der Waals surface area contributed by atoms with Crippen LogP contribution in [0.15, 0.2) is 10.7 Å². The average Bonchev–Trinajstić information content (AvgIpc) is 2.68. The summed E-state index contributed by atoms with van der Waals surface area (Å²) in [6.45, 7) is 4.07. The van der Waals surface area contributed by atoms with Crippen LogP contribution in [0, 0.1) is 0 Å². The molecule has 1 aromatic rings. The Balaban J connectivity index is 2.64. The van der Waals surface area contributed by atoms with E-state index in [1.807, 2.05) is 10.9 Å². The van der Waals surface area contributed by atoms with E-state index in [2.05, 4.69) is 46.9 Å². The van der Waals surface area contributed by atoms with Gasteiger partial charge in [0.15, 0.2) is 0 Å². The molecule has 4 nitrogen and oxygen atoms in total. The van der Waals surface area contributed by atoms with Crippen LogP contribution in [0.4, 0.5) is 0 Å². The highest BCUT2D eigenvalue weighted by molar-refractivity contribution is 9.10. The Kier molecular flexibility index (Phi) is 6.89. The first-order chi connectivity index (χ1) is 8.56. The maximum Gasteiger partial charge on any atom is 0.0694 e. The maximum absolute atomic E-state index is 6.28. The molecule has 0 spiro atoms. The zero-order valence-electron chi connectivity index (χ0n) is 11.7. The molecule has 0 radical (unpaired) electrons. The van der Waals surface area contributed by atoms with Gasteiger partial charge in [-0.25, -0.2) is 0 Å². The van der Waals surface area contributed by atoms with Gasteiger partial charge in [0.25, 0.3) is 0 Å². The molecule has 2 N–H and O–H groups in total. The van der Waals surface area contributed by atoms with E-state index in [1.165, 1.54) is 19.3 Å². The van der Waals surface area contributed by atoms with Gasteiger partial charge in [-0.05, 0) is 36.4 Å². The molecule has 0 aliphatic carbocycles. The smallest absolute Gasteiger partial charge is 0.0694 e. The van der Waals surface area contributed by atoms with Crippen LogP contribution >= 0.6 is 15.9 Å². The lowest BCUT2D eigenvalue weighted by atomic mass is 10.1. The quantitative estimate of drug-likeness (QED) is 0.750. The Labute approximate surface area is 119 Å². The van der Waals surface area contributed by atoms with Crippen molar-refractivity contribution in [1.29, 1.82) is 0 Å². The Hall–Kier alpha value is -0.390. The molecule has 0 saturated heterocycles. The van der Waals surface area contributed by atoms with Crippen LogP contribution in [0.1, 0.15) is 44.3 Å². The molecule has 0 aromatic carbocycles. The van der Waals surface area contributed by atoms with Crippen molar-refractivity contribution in [2.45, 2.75) is 45.2 Å². The first-order valence-corrected chi connectivity index (χ1v) is 7.47. The molecule has 18 heavy (non-hydrogen) atoms. The predicted octanol–water partition coefficient (Wildman–Crippen LogP) is 2.79. The summed E-state index contributed by atoms with van der Waals surface area (Å²) in [4.78, 5) is 2.15. The maximum atomic E-state index is 6.28. The topological polar surface area (TPSA) is 47.1 Å². The number of nitrogens with zero attached hydrogens (tertiary/aromatic N) is 3. The normalized spacial score (nSPS) is 13.2. The molecule has 1 unspecified atom stereocenters. The van der Waals surface area contributed by atoms with E-state index < -0.39 is 0 Å². The number of nitrogens with two attached hydrogens (primary N) is 1. The van der Waals surface area contributed by atoms with Crippen LogP contribution in [0.2, 0.25) is 0 Å². The van der Waals surface area contributed by atoms with Gasteiger partial charge < -0.3 is 10.6 Å². The van der Waals surface area contributed by atoms with Crippen molar-refractivity contribution in [1.82, 2.24) is 14.7 Å². The number of hydrogen-bond donors (Lipinski definition) is 1. The second kappa shape index (κ2) is 7.92. The van der Waals surface area contributed by atoms with E-state index in [0.29, 0.717) is 0 Å². The summed E-state index contributed by atoms with van der Waals surface area (Å²) in [5, 5.41) is 4.40. The second-order valence-corrected chi connectivity index (χ2v) is 5.86. The first-order valence-electron chi connectivity index (χ1n) is 6.67. The van der Waals surface area contributed by atoms with Gasteiger partial charge in [0.2, 0.25) is 0 Å². The van der Waals surface area contributed by atoms with Gasteiger partial charge >= 0.3 is 0 Å². The zero-order chi connectivity index (χ0) is 13.5. The van der Waals surface area contributed by atoms with Gasteiger partial charge in [0.1, 0.15) is 0 Å². The highest BCUT2D eigenvalue weighted by atomic mass is 79.9. The molecule has 0 aliphatic rings. The summed E-state index contributed by atoms with van der Waals surface area (Å²) in [7, 11) is 4.14. The molecule has 0 bridgehead atoms. The lowest BCUT2D eigenvalue weighted by Gasteiger charge is -2.16. The molecule has 5 heteroatoms. The summed E-state index contributed by atoms with van der Waals surface area (Å²) < 4.78 is 3.06. The van der Waals surface area contributed by atoms with Gasteiger partial charge in [0, 0.05) is 12.6 Å². The van der Waals surface area contributed by atoms with Gasteiger partial charge in [-0.2, -0.15) is 5.10 Å². The summed E-state index contributed by atoms with van der Waals surface area (Å²) in [5.41, 5.74) is 7.42. The van der Waals surface area contributed by atoms with Crippen LogP contribution in [0.25, 0.3) is 0 Å². The second-order valence-electron chi connectivity index (χ2n) is 5.01. The monoisotopic (exact) mass is 316 g/mol. The van der Waals surface area contributed by atoms with Crippen molar-refractivity contribution in [2.24, 2.45) is 5.73 Å². The van der Waals surface area contributed by atoms with E-state index in [-0.39, 0.29) is 6.04 Å². The molecular formula is C13H25BrN4. The van der Waals surface area contributed by atoms with Crippen LogP contribution in [-0.4, -0.2) is 35.3 Å². The lowest BCUT2D eigenvalue weighted by Crippen LogP contribution is -2.23. The molecule has 0 aliphatic heterocycles. The van der Waals surface area contributed by atoms with Crippen LogP contribution < -0.4 is 5.73 Å². The van der Waals surface area contributed by atoms with Crippen LogP contribution in [-0.2, 0) is 6.54 Å². The van der Waals surface area contributed by atoms with E-state index >= 15 is 0 Å². The molecule has 0 amide bonds. The third-order valence-electron chi connectivity index (χ3n) is 3.06. The fourth-order valence-electron chi connectivity index (χ4n) is 1.96. The van der Waals surface area contributed by atoms with Crippen LogP contribution in [0.5, 0.6) is 0 Å². The van der Waals surface area contributed by atoms with Crippen molar-refractivity contribution >= 4 is 15.9 Å². The Morgan fingerprint density at radius 3 is 2.78 bits per heavy atom. The zero-order valence-corrected chi connectivity index (χ0v) is 13.3. The highest BCUT2D eigenvalue weighted by Crippen LogP contribution is 2.25. The molecule has 104 valence electrons. The van der Waals surface area contributed by atoms with Gasteiger partial charge in [0.05, 0.1) is 22.9 Å². The fourth-order valence-corrected chi connectivity index (χ4v) is 2.55. The minimum Gasteiger partial charge on any atom is -0.323 e. The number of halogens is 1. The molecule has 1 heterocycles. The van der Waals surface area contributed by atoms with E-state index in [0.717, 1.165) is 29.7 Å². The highest BCUT2D eigenvalue weighted by Gasteiger charge is 2.16. The van der Waals surface area contributed by atoms with Crippen LogP contribution in [0.3, 0.4) is 0 Å². The number of hydrogen-bond acceptors (Lipinski definition) is 3. The van der Waals surface area contributed by atoms with E-state index in [4.69, 9.17) is 5.73 Å². The number of unbranched alkanes of at least 4 members (excludes halogenated alkanes) is 2. The van der Waals surface area contributed by atoms with Gasteiger partial charge in [-0.3, -0.25) is 4.68 Å². The molecule has 0 saturated carbocycles. The Morgan fingerprint density at radius 2 is 2.17 bits per heavy atom. The predicted molar refractivity (Wildman–Crippen MR) is 79.6 cm³/mol. The molecule has 0 fully saturated rings. The summed E-state index contributed by atoms with van der Waals surface area (Å²) in [6.07, 6.45) is 6.54. The van der Waals surface area contributed by atoms with Crippen molar-refractivity contribution in [2.75, 3.05) is 20.6 Å². The van der Waals surface area contributed by atoms with Crippen molar-refractivity contribution in [3.63, 3.8) is 0 Å². The van der Waals surface area contributed by atoms with Gasteiger partial charge in [-0.15, -0.1) is 0 Å². The SMILES string of the molecule is CCCCCC(N)c1c(Br)cnn1CCN(C)C. The average molecular weight is 317 g/mol. The minimum absolute atomic E-state index is 0.0792. The molecule has 1 rings (SSSR count). The fraction of sp³-hybridized carbons (Fsp3) is 0.769. The molecule has 1 aromatic heterocycles. The standard InChI is InChI=1S/C13H25BrN4/c1-4-5-6-7-12(15)13-11(14)10-16-18(13)9-8-17(2)3/h10,12H,4-9,15H2,1-3H3. The summed E-state index contributed by atoms with van der Waals surface area (Å²) in [6, 6.07) is 0.0792. The van der Waals surface area contributed by atoms with Crippen molar-refractivity contribution in [3.05, 3.63) is 16.4 Å². The third kappa shape index (κ3) is 4.71. The molecular weight excluding hydrogens is 292 g/mol. The number of rotatable bonds is 8. The van der Waals surface area contributed by atoms with E-state index in [1.54, 1.807) is 0 Å². The number of likely N-dealkylation sites (N-methyl/N-ethyl adjacent to an activating group) is 1. The first kappa shape index (κ1) is 15.7. The minimum atomic E-state index is 0.0792. The largest absolute Gasteiger partial charge is 0.323 e. The summed E-state index contributed by atoms with van der Waals surface area (Å²) in [5.74, 6) is 0. The molecule has 1 atom stereocenters. The van der Waals surface area contributed by atoms with Gasteiger partial charge in [-0.1, -0.05) is 26.2 Å². The lowest BCUT2D eigenvalue weighted by molar-refractivity contribution is 0.364. The summed E-state index contributed by atoms with van der Waals surface area (Å²) >= 11 is 3.56. The van der Waals surface area contributed by atoms with E-state index in [9.17, 15) is 0 Å². The van der Waals surface area contributed by atoms with Crippen molar-refractivity contribution in [3.8, 4) is 0 Å². The third-order valence-corrected chi connectivity index (χ3v) is 3.67. The Bertz CT molecular complexity index is 349.